The minimum Gasteiger partial charge on any atom is -0.429 e. The fourth-order valence-electron chi connectivity index (χ4n) is 6.28. The molecule has 1 fully saturated rings. The van der Waals surface area contributed by atoms with Crippen molar-refractivity contribution < 1.29 is 49.0 Å². The normalized spacial score (nSPS) is 17.0. The molecule has 11 heteroatoms. The lowest BCUT2D eigenvalue weighted by atomic mass is 9.77. The van der Waals surface area contributed by atoms with Crippen molar-refractivity contribution in [2.75, 3.05) is 0 Å². The number of halogens is 9. The van der Waals surface area contributed by atoms with Gasteiger partial charge in [-0.2, -0.15) is 8.78 Å². The average molecular weight is 681 g/mol. The van der Waals surface area contributed by atoms with Crippen molar-refractivity contribution in [3.63, 3.8) is 0 Å². The molecule has 0 amide bonds. The van der Waals surface area contributed by atoms with E-state index in [-0.39, 0.29) is 28.2 Å². The van der Waals surface area contributed by atoms with E-state index in [1.165, 1.54) is 31.4 Å². The van der Waals surface area contributed by atoms with Crippen molar-refractivity contribution in [1.29, 1.82) is 0 Å². The van der Waals surface area contributed by atoms with Gasteiger partial charge in [0.25, 0.3) is 0 Å². The minimum atomic E-state index is -5.12. The summed E-state index contributed by atoms with van der Waals surface area (Å²) in [5.74, 6) is -5.47. The molecule has 4 aromatic rings. The smallest absolute Gasteiger partial charge is 0.429 e. The number of hydrogen-bond acceptors (Lipinski definition) is 2. The molecule has 256 valence electrons. The summed E-state index contributed by atoms with van der Waals surface area (Å²) in [4.78, 5) is 0. The van der Waals surface area contributed by atoms with Crippen LogP contribution in [0.2, 0.25) is 0 Å². The summed E-state index contributed by atoms with van der Waals surface area (Å²) in [7, 11) is 0. The van der Waals surface area contributed by atoms with Gasteiger partial charge in [0.1, 0.15) is 23.2 Å². The molecule has 0 aromatic heterocycles. The Morgan fingerprint density at radius 1 is 0.625 bits per heavy atom. The standard InChI is InChI=1S/C37H33F9O2/c1-2-3-4-5-22-6-8-23(9-7-22)24-11-16-30(33(40)18-24)36(42,43)47-27-13-15-29(32(39)21-27)25-10-14-28(31(38)19-25)26-12-17-35(34(41)20-26)48-37(44,45)46/h10-23H,2-9H2,1H3. The molecule has 1 aliphatic carbocycles. The molecule has 0 radical (unpaired) electrons. The van der Waals surface area contributed by atoms with Crippen LogP contribution in [0.4, 0.5) is 39.5 Å². The van der Waals surface area contributed by atoms with Crippen molar-refractivity contribution >= 4 is 0 Å². The molecule has 1 aliphatic rings. The minimum absolute atomic E-state index is 0.0128. The summed E-state index contributed by atoms with van der Waals surface area (Å²) in [6.07, 6.45) is -0.738. The lowest BCUT2D eigenvalue weighted by Gasteiger charge is -2.29. The third-order valence-electron chi connectivity index (χ3n) is 8.78. The lowest BCUT2D eigenvalue weighted by molar-refractivity contribution is -0.275. The number of rotatable bonds is 11. The zero-order chi connectivity index (χ0) is 34.6. The first-order valence-corrected chi connectivity index (χ1v) is 15.8. The third-order valence-corrected chi connectivity index (χ3v) is 8.78. The average Bonchev–Trinajstić information content (AvgIpc) is 3.01. The summed E-state index contributed by atoms with van der Waals surface area (Å²) in [5.41, 5.74) is -0.836. The summed E-state index contributed by atoms with van der Waals surface area (Å²) < 4.78 is 135. The van der Waals surface area contributed by atoms with Gasteiger partial charge < -0.3 is 9.47 Å². The highest BCUT2D eigenvalue weighted by molar-refractivity contribution is 5.72. The van der Waals surface area contributed by atoms with Crippen LogP contribution in [0, 0.1) is 29.2 Å². The zero-order valence-corrected chi connectivity index (χ0v) is 26.0. The van der Waals surface area contributed by atoms with Crippen LogP contribution in [0.5, 0.6) is 11.5 Å². The molecule has 0 atom stereocenters. The first kappa shape index (κ1) is 35.2. The van der Waals surface area contributed by atoms with Crippen LogP contribution in [0.15, 0.2) is 72.8 Å². The lowest BCUT2D eigenvalue weighted by Crippen LogP contribution is -2.24. The van der Waals surface area contributed by atoms with Gasteiger partial charge >= 0.3 is 12.5 Å². The van der Waals surface area contributed by atoms with E-state index in [9.17, 15) is 22.0 Å². The second-order valence-electron chi connectivity index (χ2n) is 12.1. The Kier molecular flexibility index (Phi) is 10.7. The molecular weight excluding hydrogens is 647 g/mol. The highest BCUT2D eigenvalue weighted by Gasteiger charge is 2.38. The molecule has 0 heterocycles. The SMILES string of the molecule is CCCCCC1CCC(c2ccc(C(F)(F)Oc3ccc(-c4ccc(-c5ccc(OC(F)(F)F)c(F)c5)c(F)c4)c(F)c3)c(F)c2)CC1. The molecule has 5 rings (SSSR count). The van der Waals surface area contributed by atoms with Crippen LogP contribution in [0.25, 0.3) is 22.3 Å². The predicted octanol–water partition coefficient (Wildman–Crippen LogP) is 12.5. The van der Waals surface area contributed by atoms with Crippen LogP contribution < -0.4 is 9.47 Å². The monoisotopic (exact) mass is 680 g/mol. The summed E-state index contributed by atoms with van der Waals surface area (Å²) >= 11 is 0. The van der Waals surface area contributed by atoms with Gasteiger partial charge in [-0.15, -0.1) is 13.2 Å². The second kappa shape index (κ2) is 14.5. The molecule has 0 N–H and O–H groups in total. The van der Waals surface area contributed by atoms with Gasteiger partial charge in [0.05, 0.1) is 5.56 Å². The first-order chi connectivity index (χ1) is 22.7. The maximum absolute atomic E-state index is 15.1. The molecular formula is C37H33F9O2. The highest BCUT2D eigenvalue weighted by atomic mass is 19.4. The summed E-state index contributed by atoms with van der Waals surface area (Å²) in [6, 6.07) is 12.1. The van der Waals surface area contributed by atoms with Crippen LogP contribution in [-0.4, -0.2) is 6.36 Å². The van der Waals surface area contributed by atoms with Crippen molar-refractivity contribution in [1.82, 2.24) is 0 Å². The van der Waals surface area contributed by atoms with Gasteiger partial charge in [0.15, 0.2) is 11.6 Å². The van der Waals surface area contributed by atoms with Crippen LogP contribution >= 0.6 is 0 Å². The van der Waals surface area contributed by atoms with Crippen molar-refractivity contribution in [2.24, 2.45) is 5.92 Å². The largest absolute Gasteiger partial charge is 0.573 e. The number of hydrogen-bond donors (Lipinski definition) is 0. The van der Waals surface area contributed by atoms with Crippen molar-refractivity contribution in [3.8, 4) is 33.8 Å². The van der Waals surface area contributed by atoms with Crippen LogP contribution in [0.3, 0.4) is 0 Å². The topological polar surface area (TPSA) is 18.5 Å². The molecule has 0 aliphatic heterocycles. The van der Waals surface area contributed by atoms with Gasteiger partial charge in [-0.1, -0.05) is 56.9 Å². The molecule has 1 saturated carbocycles. The van der Waals surface area contributed by atoms with Crippen molar-refractivity contribution in [3.05, 3.63) is 107 Å². The van der Waals surface area contributed by atoms with Crippen LogP contribution in [-0.2, 0) is 6.11 Å². The first-order valence-electron chi connectivity index (χ1n) is 15.8. The Balaban J connectivity index is 1.26. The molecule has 2 nitrogen and oxygen atoms in total. The Hall–Kier alpha value is -4.15. The fourth-order valence-corrected chi connectivity index (χ4v) is 6.28. The third kappa shape index (κ3) is 8.46. The fraction of sp³-hybridized carbons (Fsp3) is 0.351. The summed E-state index contributed by atoms with van der Waals surface area (Å²) in [6.45, 7) is 2.16. The maximum atomic E-state index is 15.1. The molecule has 0 bridgehead atoms. The van der Waals surface area contributed by atoms with Gasteiger partial charge in [-0.3, -0.25) is 0 Å². The molecule has 48 heavy (non-hydrogen) atoms. The second-order valence-corrected chi connectivity index (χ2v) is 12.1. The quantitative estimate of drug-likeness (QED) is 0.116. The van der Waals surface area contributed by atoms with Gasteiger partial charge in [-0.25, -0.2) is 17.6 Å². The Morgan fingerprint density at radius 3 is 1.83 bits per heavy atom. The van der Waals surface area contributed by atoms with E-state index in [1.807, 2.05) is 0 Å². The van der Waals surface area contributed by atoms with E-state index >= 15 is 17.6 Å². The van der Waals surface area contributed by atoms with E-state index in [0.29, 0.717) is 29.7 Å². The summed E-state index contributed by atoms with van der Waals surface area (Å²) in [5, 5.41) is 0. The number of alkyl halides is 5. The Bertz CT molecular complexity index is 1730. The number of ether oxygens (including phenoxy) is 2. The van der Waals surface area contributed by atoms with Crippen molar-refractivity contribution in [2.45, 2.75) is 76.7 Å². The van der Waals surface area contributed by atoms with E-state index < -0.39 is 52.8 Å². The van der Waals surface area contributed by atoms with Gasteiger partial charge in [0.2, 0.25) is 0 Å². The predicted molar refractivity (Wildman–Crippen MR) is 164 cm³/mol. The molecule has 4 aromatic carbocycles. The Labute approximate surface area is 272 Å². The maximum Gasteiger partial charge on any atom is 0.573 e. The molecule has 0 unspecified atom stereocenters. The van der Waals surface area contributed by atoms with Crippen LogP contribution in [0.1, 0.15) is 75.3 Å². The van der Waals surface area contributed by atoms with E-state index in [1.54, 1.807) is 0 Å². The van der Waals surface area contributed by atoms with E-state index in [0.717, 1.165) is 74.6 Å². The highest BCUT2D eigenvalue weighted by Crippen LogP contribution is 2.41. The molecule has 0 saturated heterocycles. The van der Waals surface area contributed by atoms with E-state index in [4.69, 9.17) is 4.74 Å². The Morgan fingerprint density at radius 2 is 1.25 bits per heavy atom. The van der Waals surface area contributed by atoms with E-state index in [2.05, 4.69) is 11.7 Å². The van der Waals surface area contributed by atoms with Gasteiger partial charge in [0, 0.05) is 17.2 Å². The number of benzene rings is 4. The number of unbranched alkanes of at least 4 members (excludes halogenated alkanes) is 2. The zero-order valence-electron chi connectivity index (χ0n) is 26.0. The molecule has 0 spiro atoms. The van der Waals surface area contributed by atoms with Gasteiger partial charge in [-0.05, 0) is 96.7 Å².